The van der Waals surface area contributed by atoms with E-state index in [1.807, 2.05) is 12.1 Å². The molecule has 1 aliphatic carbocycles. The number of aromatic nitrogens is 2. The van der Waals surface area contributed by atoms with Crippen molar-refractivity contribution in [2.45, 2.75) is 45.1 Å². The first-order chi connectivity index (χ1) is 9.70. The summed E-state index contributed by atoms with van der Waals surface area (Å²) >= 11 is 5.57. The molecule has 1 saturated carbocycles. The van der Waals surface area contributed by atoms with Crippen LogP contribution in [0.2, 0.25) is 0 Å². The molecule has 1 aromatic heterocycles. The molecule has 1 aliphatic rings. The lowest BCUT2D eigenvalue weighted by Gasteiger charge is -2.17. The number of para-hydroxylation sites is 1. The van der Waals surface area contributed by atoms with Gasteiger partial charge in [0.25, 0.3) is 0 Å². The van der Waals surface area contributed by atoms with Crippen LogP contribution in [0.5, 0.6) is 5.75 Å². The molecule has 20 heavy (non-hydrogen) atoms. The highest BCUT2D eigenvalue weighted by molar-refractivity contribution is 7.71. The number of hydrogen-bond acceptors (Lipinski definition) is 2. The van der Waals surface area contributed by atoms with Crippen LogP contribution in [0, 0.1) is 10.7 Å². The van der Waals surface area contributed by atoms with Crippen LogP contribution >= 0.6 is 12.2 Å². The zero-order valence-corrected chi connectivity index (χ0v) is 13.0. The van der Waals surface area contributed by atoms with Crippen LogP contribution in [0.1, 0.15) is 45.1 Å². The zero-order valence-electron chi connectivity index (χ0n) is 12.2. The monoisotopic (exact) mass is 290 g/mol. The molecular formula is C16H22N2OS. The first kappa shape index (κ1) is 13.7. The number of hydrogen-bond donors (Lipinski definition) is 1. The SMILES string of the molecule is COc1cccc2c1[nH]c(=S)n2C1CCCC(C)CC1. The third-order valence-corrected chi connectivity index (χ3v) is 4.83. The average Bonchev–Trinajstić information content (AvgIpc) is 2.63. The molecule has 1 heterocycles. The van der Waals surface area contributed by atoms with Gasteiger partial charge in [0, 0.05) is 6.04 Å². The Morgan fingerprint density at radius 1 is 1.25 bits per heavy atom. The van der Waals surface area contributed by atoms with Crippen LogP contribution in [0.25, 0.3) is 11.0 Å². The summed E-state index contributed by atoms with van der Waals surface area (Å²) in [7, 11) is 1.70. The molecule has 3 nitrogen and oxygen atoms in total. The smallest absolute Gasteiger partial charge is 0.178 e. The van der Waals surface area contributed by atoms with E-state index >= 15 is 0 Å². The summed E-state index contributed by atoms with van der Waals surface area (Å²) in [5, 5.41) is 0. The largest absolute Gasteiger partial charge is 0.494 e. The van der Waals surface area contributed by atoms with Gasteiger partial charge in [-0.05, 0) is 49.5 Å². The summed E-state index contributed by atoms with van der Waals surface area (Å²) < 4.78 is 8.57. The number of imidazole rings is 1. The first-order valence-electron chi connectivity index (χ1n) is 7.48. The Morgan fingerprint density at radius 2 is 2.10 bits per heavy atom. The summed E-state index contributed by atoms with van der Waals surface area (Å²) in [6.07, 6.45) is 6.38. The van der Waals surface area contributed by atoms with Crippen molar-refractivity contribution >= 4 is 23.3 Å². The maximum atomic E-state index is 5.57. The third-order valence-electron chi connectivity index (χ3n) is 4.53. The molecule has 4 heteroatoms. The molecule has 1 N–H and O–H groups in total. The molecular weight excluding hydrogens is 268 g/mol. The van der Waals surface area contributed by atoms with Gasteiger partial charge in [-0.25, -0.2) is 0 Å². The summed E-state index contributed by atoms with van der Waals surface area (Å²) in [6.45, 7) is 2.36. The second-order valence-corrected chi connectivity index (χ2v) is 6.31. The van der Waals surface area contributed by atoms with E-state index in [-0.39, 0.29) is 0 Å². The maximum absolute atomic E-state index is 5.57. The third kappa shape index (κ3) is 2.37. The van der Waals surface area contributed by atoms with Gasteiger partial charge in [0.05, 0.1) is 12.6 Å². The van der Waals surface area contributed by atoms with E-state index in [1.165, 1.54) is 37.6 Å². The van der Waals surface area contributed by atoms with Gasteiger partial charge in [-0.1, -0.05) is 25.8 Å². The molecule has 0 bridgehead atoms. The number of ether oxygens (including phenoxy) is 1. The molecule has 3 rings (SSSR count). The number of aromatic amines is 1. The van der Waals surface area contributed by atoms with Crippen molar-refractivity contribution in [1.82, 2.24) is 9.55 Å². The minimum Gasteiger partial charge on any atom is -0.494 e. The molecule has 1 fully saturated rings. The van der Waals surface area contributed by atoms with Crippen LogP contribution in [0.15, 0.2) is 18.2 Å². The summed E-state index contributed by atoms with van der Waals surface area (Å²) in [5.41, 5.74) is 2.20. The van der Waals surface area contributed by atoms with Crippen LogP contribution in [-0.4, -0.2) is 16.7 Å². The molecule has 2 unspecified atom stereocenters. The molecule has 1 aromatic carbocycles. The van der Waals surface area contributed by atoms with Crippen molar-refractivity contribution < 1.29 is 4.74 Å². The summed E-state index contributed by atoms with van der Waals surface area (Å²) in [4.78, 5) is 3.33. The van der Waals surface area contributed by atoms with Crippen molar-refractivity contribution in [1.29, 1.82) is 0 Å². The summed E-state index contributed by atoms with van der Waals surface area (Å²) in [6, 6.07) is 6.68. The van der Waals surface area contributed by atoms with Crippen molar-refractivity contribution in [3.8, 4) is 5.75 Å². The highest BCUT2D eigenvalue weighted by atomic mass is 32.1. The van der Waals surface area contributed by atoms with E-state index in [2.05, 4.69) is 22.5 Å². The van der Waals surface area contributed by atoms with E-state index in [0.29, 0.717) is 6.04 Å². The van der Waals surface area contributed by atoms with Gasteiger partial charge in [-0.3, -0.25) is 0 Å². The molecule has 108 valence electrons. The Bertz CT molecular complexity index is 658. The minimum absolute atomic E-state index is 0.522. The van der Waals surface area contributed by atoms with E-state index in [0.717, 1.165) is 22.0 Å². The van der Waals surface area contributed by atoms with Crippen LogP contribution in [-0.2, 0) is 0 Å². The van der Waals surface area contributed by atoms with Gasteiger partial charge in [0.1, 0.15) is 11.3 Å². The second kappa shape index (κ2) is 5.60. The molecule has 0 radical (unpaired) electrons. The average molecular weight is 290 g/mol. The van der Waals surface area contributed by atoms with Crippen LogP contribution < -0.4 is 4.74 Å². The van der Waals surface area contributed by atoms with Crippen LogP contribution in [0.3, 0.4) is 0 Å². The molecule has 0 saturated heterocycles. The van der Waals surface area contributed by atoms with Crippen molar-refractivity contribution in [2.75, 3.05) is 7.11 Å². The topological polar surface area (TPSA) is 29.9 Å². The van der Waals surface area contributed by atoms with Gasteiger partial charge in [0.2, 0.25) is 0 Å². The number of fused-ring (bicyclic) bond motifs is 1. The molecule has 0 aliphatic heterocycles. The Morgan fingerprint density at radius 3 is 2.90 bits per heavy atom. The van der Waals surface area contributed by atoms with E-state index < -0.39 is 0 Å². The fourth-order valence-electron chi connectivity index (χ4n) is 3.38. The standard InChI is InChI=1S/C16H22N2OS/c1-11-5-3-6-12(10-9-11)18-13-7-4-8-14(19-2)15(13)17-16(18)20/h4,7-8,11-12H,3,5-6,9-10H2,1-2H3,(H,17,20). The highest BCUT2D eigenvalue weighted by Crippen LogP contribution is 2.34. The number of methoxy groups -OCH3 is 1. The van der Waals surface area contributed by atoms with E-state index in [1.54, 1.807) is 7.11 Å². The molecule has 0 amide bonds. The normalized spacial score (nSPS) is 23.7. The van der Waals surface area contributed by atoms with Crippen molar-refractivity contribution in [3.63, 3.8) is 0 Å². The highest BCUT2D eigenvalue weighted by Gasteiger charge is 2.20. The van der Waals surface area contributed by atoms with Gasteiger partial charge < -0.3 is 14.3 Å². The van der Waals surface area contributed by atoms with Gasteiger partial charge in [-0.2, -0.15) is 0 Å². The van der Waals surface area contributed by atoms with Crippen molar-refractivity contribution in [2.24, 2.45) is 5.92 Å². The fraction of sp³-hybridized carbons (Fsp3) is 0.562. The maximum Gasteiger partial charge on any atom is 0.178 e. The lowest BCUT2D eigenvalue weighted by atomic mass is 10.0. The first-order valence-corrected chi connectivity index (χ1v) is 7.88. The molecule has 2 aromatic rings. The lowest BCUT2D eigenvalue weighted by Crippen LogP contribution is -2.08. The predicted octanol–water partition coefficient (Wildman–Crippen LogP) is 4.85. The lowest BCUT2D eigenvalue weighted by molar-refractivity contribution is 0.419. The van der Waals surface area contributed by atoms with Gasteiger partial charge in [-0.15, -0.1) is 0 Å². The van der Waals surface area contributed by atoms with E-state index in [4.69, 9.17) is 17.0 Å². The second-order valence-electron chi connectivity index (χ2n) is 5.92. The Labute approximate surface area is 125 Å². The molecule has 2 atom stereocenters. The minimum atomic E-state index is 0.522. The quantitative estimate of drug-likeness (QED) is 0.633. The number of rotatable bonds is 2. The Hall–Kier alpha value is -1.29. The van der Waals surface area contributed by atoms with E-state index in [9.17, 15) is 0 Å². The van der Waals surface area contributed by atoms with Gasteiger partial charge >= 0.3 is 0 Å². The number of benzene rings is 1. The van der Waals surface area contributed by atoms with Gasteiger partial charge in [0.15, 0.2) is 4.77 Å². The number of nitrogens with one attached hydrogen (secondary N) is 1. The Kier molecular flexibility index (Phi) is 3.83. The summed E-state index contributed by atoms with van der Waals surface area (Å²) in [5.74, 6) is 1.71. The van der Waals surface area contributed by atoms with Crippen LogP contribution in [0.4, 0.5) is 0 Å². The zero-order chi connectivity index (χ0) is 14.1. The number of nitrogens with zero attached hydrogens (tertiary/aromatic N) is 1. The Balaban J connectivity index is 2.07. The molecule has 0 spiro atoms. The fourth-order valence-corrected chi connectivity index (χ4v) is 3.73. The predicted molar refractivity (Wildman–Crippen MR) is 85.0 cm³/mol. The van der Waals surface area contributed by atoms with Crippen molar-refractivity contribution in [3.05, 3.63) is 23.0 Å². The number of H-pyrrole nitrogens is 1.